The van der Waals surface area contributed by atoms with E-state index in [-0.39, 0.29) is 19.1 Å². The SMILES string of the molecule is CCOP(=O)(O)C1CN(C(=O)OC(C)(C)C)CC1C1CC1. The van der Waals surface area contributed by atoms with Gasteiger partial charge in [0.25, 0.3) is 0 Å². The fraction of sp³-hybridized carbons (Fsp3) is 0.929. The van der Waals surface area contributed by atoms with Crippen molar-refractivity contribution < 1.29 is 23.5 Å². The summed E-state index contributed by atoms with van der Waals surface area (Å²) in [6, 6.07) is 0. The lowest BCUT2D eigenvalue weighted by Crippen LogP contribution is -2.36. The van der Waals surface area contributed by atoms with E-state index in [9.17, 15) is 14.3 Å². The minimum Gasteiger partial charge on any atom is -0.444 e. The van der Waals surface area contributed by atoms with Crippen molar-refractivity contribution in [3.05, 3.63) is 0 Å². The van der Waals surface area contributed by atoms with E-state index in [1.165, 1.54) is 0 Å². The molecule has 21 heavy (non-hydrogen) atoms. The molecule has 2 fully saturated rings. The van der Waals surface area contributed by atoms with Crippen LogP contribution in [-0.4, -0.2) is 46.8 Å². The summed E-state index contributed by atoms with van der Waals surface area (Å²) >= 11 is 0. The Bertz CT molecular complexity index is 443. The van der Waals surface area contributed by atoms with Crippen molar-refractivity contribution in [3.63, 3.8) is 0 Å². The van der Waals surface area contributed by atoms with Crippen molar-refractivity contribution in [3.8, 4) is 0 Å². The summed E-state index contributed by atoms with van der Waals surface area (Å²) in [5.74, 6) is 0.475. The van der Waals surface area contributed by atoms with E-state index in [4.69, 9.17) is 9.26 Å². The molecule has 7 heteroatoms. The number of rotatable bonds is 4. The van der Waals surface area contributed by atoms with E-state index in [2.05, 4.69) is 0 Å². The van der Waals surface area contributed by atoms with Crippen molar-refractivity contribution in [1.29, 1.82) is 0 Å². The molecule has 1 N–H and O–H groups in total. The first-order valence-corrected chi connectivity index (χ1v) is 9.23. The van der Waals surface area contributed by atoms with Crippen LogP contribution in [-0.2, 0) is 13.8 Å². The number of carbonyl (C=O) groups excluding carboxylic acids is 1. The second-order valence-electron chi connectivity index (χ2n) is 6.94. The monoisotopic (exact) mass is 319 g/mol. The first-order valence-electron chi connectivity index (χ1n) is 7.59. The molecule has 0 aromatic carbocycles. The smallest absolute Gasteiger partial charge is 0.410 e. The molecule has 1 aliphatic carbocycles. The van der Waals surface area contributed by atoms with Crippen molar-refractivity contribution in [2.75, 3.05) is 19.7 Å². The summed E-state index contributed by atoms with van der Waals surface area (Å²) in [6.07, 6.45) is 1.72. The zero-order chi connectivity index (χ0) is 15.8. The third-order valence-electron chi connectivity index (χ3n) is 3.95. The molecule has 122 valence electrons. The molecule has 1 saturated carbocycles. The van der Waals surface area contributed by atoms with Crippen molar-refractivity contribution in [1.82, 2.24) is 4.90 Å². The van der Waals surface area contributed by atoms with Gasteiger partial charge in [0.2, 0.25) is 0 Å². The Morgan fingerprint density at radius 2 is 1.95 bits per heavy atom. The summed E-state index contributed by atoms with van der Waals surface area (Å²) in [6.45, 7) is 8.07. The van der Waals surface area contributed by atoms with Gasteiger partial charge in [0.15, 0.2) is 0 Å². The van der Waals surface area contributed by atoms with Gasteiger partial charge >= 0.3 is 13.7 Å². The maximum Gasteiger partial charge on any atom is 0.410 e. The number of amides is 1. The summed E-state index contributed by atoms with van der Waals surface area (Å²) in [5.41, 5.74) is -1.05. The number of hydrogen-bond donors (Lipinski definition) is 1. The Balaban J connectivity index is 2.08. The molecular weight excluding hydrogens is 293 g/mol. The standard InChI is InChI=1S/C14H26NO5P/c1-5-19-21(17,18)12-9-15(8-11(12)10-6-7-10)13(16)20-14(2,3)4/h10-12H,5-9H2,1-4H3,(H,17,18). The van der Waals surface area contributed by atoms with Crippen LogP contribution >= 0.6 is 7.60 Å². The molecule has 2 aliphatic rings. The molecule has 6 nitrogen and oxygen atoms in total. The quantitative estimate of drug-likeness (QED) is 0.806. The van der Waals surface area contributed by atoms with Crippen molar-refractivity contribution in [2.24, 2.45) is 11.8 Å². The van der Waals surface area contributed by atoms with Crippen LogP contribution in [0.4, 0.5) is 4.79 Å². The van der Waals surface area contributed by atoms with E-state index in [1.54, 1.807) is 11.8 Å². The van der Waals surface area contributed by atoms with E-state index < -0.39 is 24.9 Å². The number of carbonyl (C=O) groups is 1. The Labute approximate surface area is 126 Å². The Kier molecular flexibility index (Phi) is 4.72. The number of ether oxygens (including phenoxy) is 1. The first kappa shape index (κ1) is 16.8. The highest BCUT2D eigenvalue weighted by molar-refractivity contribution is 7.53. The van der Waals surface area contributed by atoms with Gasteiger partial charge in [-0.05, 0) is 52.4 Å². The summed E-state index contributed by atoms with van der Waals surface area (Å²) in [4.78, 5) is 23.9. The lowest BCUT2D eigenvalue weighted by Gasteiger charge is -2.24. The molecule has 0 bridgehead atoms. The number of hydrogen-bond acceptors (Lipinski definition) is 4. The van der Waals surface area contributed by atoms with Gasteiger partial charge in [-0.15, -0.1) is 0 Å². The Morgan fingerprint density at radius 3 is 2.43 bits per heavy atom. The molecule has 1 aliphatic heterocycles. The van der Waals surface area contributed by atoms with Crippen LogP contribution in [0.25, 0.3) is 0 Å². The maximum atomic E-state index is 12.4. The maximum absolute atomic E-state index is 12.4. The number of nitrogens with zero attached hydrogens (tertiary/aromatic N) is 1. The topological polar surface area (TPSA) is 76.1 Å². The fourth-order valence-electron chi connectivity index (χ4n) is 2.90. The largest absolute Gasteiger partial charge is 0.444 e. The Hall–Kier alpha value is -0.580. The van der Waals surface area contributed by atoms with Crippen LogP contribution in [0.2, 0.25) is 0 Å². The minimum atomic E-state index is -3.69. The molecule has 1 heterocycles. The minimum absolute atomic E-state index is 0.0416. The molecule has 3 unspecified atom stereocenters. The highest BCUT2D eigenvalue weighted by Crippen LogP contribution is 2.57. The molecule has 0 aromatic heterocycles. The van der Waals surface area contributed by atoms with Gasteiger partial charge in [0.05, 0.1) is 12.3 Å². The second kappa shape index (κ2) is 5.90. The summed E-state index contributed by atoms with van der Waals surface area (Å²) < 4.78 is 22.8. The summed E-state index contributed by atoms with van der Waals surface area (Å²) in [7, 11) is -3.69. The van der Waals surface area contributed by atoms with Crippen LogP contribution in [0.15, 0.2) is 0 Å². The fourth-order valence-corrected chi connectivity index (χ4v) is 4.69. The molecule has 2 rings (SSSR count). The van der Waals surface area contributed by atoms with Crippen LogP contribution in [0, 0.1) is 11.8 Å². The van der Waals surface area contributed by atoms with Gasteiger partial charge in [-0.2, -0.15) is 0 Å². The van der Waals surface area contributed by atoms with Gasteiger partial charge in [0.1, 0.15) is 5.60 Å². The molecular formula is C14H26NO5P. The van der Waals surface area contributed by atoms with Crippen LogP contribution in [0.1, 0.15) is 40.5 Å². The average Bonchev–Trinajstić information content (AvgIpc) is 3.05. The zero-order valence-electron chi connectivity index (χ0n) is 13.2. The van der Waals surface area contributed by atoms with Crippen molar-refractivity contribution in [2.45, 2.75) is 51.8 Å². The third-order valence-corrected chi connectivity index (χ3v) is 5.96. The lowest BCUT2D eigenvalue weighted by atomic mass is 10.0. The highest BCUT2D eigenvalue weighted by atomic mass is 31.2. The van der Waals surface area contributed by atoms with Crippen molar-refractivity contribution >= 4 is 13.7 Å². The average molecular weight is 319 g/mol. The first-order chi connectivity index (χ1) is 9.64. The Morgan fingerprint density at radius 1 is 1.33 bits per heavy atom. The molecule has 0 aromatic rings. The van der Waals surface area contributed by atoms with Gasteiger partial charge in [-0.25, -0.2) is 4.79 Å². The van der Waals surface area contributed by atoms with Gasteiger partial charge in [-0.3, -0.25) is 4.57 Å². The van der Waals surface area contributed by atoms with Gasteiger partial charge in [-0.1, -0.05) is 0 Å². The van der Waals surface area contributed by atoms with Crippen LogP contribution in [0.5, 0.6) is 0 Å². The molecule has 1 amide bonds. The summed E-state index contributed by atoms with van der Waals surface area (Å²) in [5, 5.41) is 0. The zero-order valence-corrected chi connectivity index (χ0v) is 14.1. The van der Waals surface area contributed by atoms with E-state index in [0.717, 1.165) is 12.8 Å². The molecule has 0 spiro atoms. The van der Waals surface area contributed by atoms with E-state index >= 15 is 0 Å². The van der Waals surface area contributed by atoms with Crippen LogP contribution < -0.4 is 0 Å². The van der Waals surface area contributed by atoms with Crippen LogP contribution in [0.3, 0.4) is 0 Å². The lowest BCUT2D eigenvalue weighted by molar-refractivity contribution is 0.0287. The second-order valence-corrected chi connectivity index (χ2v) is 8.99. The van der Waals surface area contributed by atoms with Gasteiger partial charge < -0.3 is 19.1 Å². The predicted molar refractivity (Wildman–Crippen MR) is 79.3 cm³/mol. The predicted octanol–water partition coefficient (Wildman–Crippen LogP) is 2.85. The normalized spacial score (nSPS) is 29.3. The van der Waals surface area contributed by atoms with Gasteiger partial charge in [0, 0.05) is 13.1 Å². The highest BCUT2D eigenvalue weighted by Gasteiger charge is 2.52. The number of likely N-dealkylation sites (tertiary alicyclic amines) is 1. The molecule has 0 radical (unpaired) electrons. The molecule has 1 saturated heterocycles. The van der Waals surface area contributed by atoms with E-state index in [1.807, 2.05) is 20.8 Å². The third kappa shape index (κ3) is 4.21. The molecule has 3 atom stereocenters. The van der Waals surface area contributed by atoms with E-state index in [0.29, 0.717) is 12.5 Å².